The lowest BCUT2D eigenvalue weighted by atomic mass is 10.0. The van der Waals surface area contributed by atoms with Crippen LogP contribution in [-0.2, 0) is 12.8 Å². The Bertz CT molecular complexity index is 844. The Hall–Kier alpha value is -1.53. The summed E-state index contributed by atoms with van der Waals surface area (Å²) in [6.45, 7) is 6.08. The first-order valence-electron chi connectivity index (χ1n) is 9.28. The van der Waals surface area contributed by atoms with E-state index in [0.29, 0.717) is 5.56 Å². The highest BCUT2D eigenvalue weighted by molar-refractivity contribution is 7.80. The van der Waals surface area contributed by atoms with E-state index < -0.39 is 9.96 Å². The van der Waals surface area contributed by atoms with E-state index in [1.807, 2.05) is 37.3 Å². The molecule has 3 N–H and O–H groups in total. The van der Waals surface area contributed by atoms with Crippen molar-refractivity contribution in [2.24, 2.45) is 0 Å². The summed E-state index contributed by atoms with van der Waals surface area (Å²) < 4.78 is -1.82. The zero-order valence-electron chi connectivity index (χ0n) is 16.5. The van der Waals surface area contributed by atoms with Crippen LogP contribution in [0.2, 0.25) is 0 Å². The number of hydrogen-bond donors (Lipinski definition) is 3. The van der Waals surface area contributed by atoms with Crippen molar-refractivity contribution in [1.29, 1.82) is 0 Å². The van der Waals surface area contributed by atoms with Gasteiger partial charge in [0.2, 0.25) is 3.79 Å². The molecule has 0 fully saturated rings. The first kappa shape index (κ1) is 23.7. The maximum absolute atomic E-state index is 12.6. The number of thiocarbonyl (C=S) groups is 1. The molecule has 1 atom stereocenters. The first-order chi connectivity index (χ1) is 13.7. The minimum Gasteiger partial charge on any atom is -0.339 e. The average molecular weight is 473 g/mol. The number of hydrogen-bond acceptors (Lipinski definition) is 2. The molecule has 0 radical (unpaired) electrons. The number of nitrogens with one attached hydrogen (secondary N) is 3. The van der Waals surface area contributed by atoms with Crippen LogP contribution in [-0.4, -0.2) is 21.0 Å². The van der Waals surface area contributed by atoms with E-state index in [1.165, 1.54) is 0 Å². The first-order valence-corrected chi connectivity index (χ1v) is 10.8. The van der Waals surface area contributed by atoms with Crippen LogP contribution in [0.15, 0.2) is 42.5 Å². The summed E-state index contributed by atoms with van der Waals surface area (Å²) in [5, 5.41) is 9.05. The largest absolute Gasteiger partial charge is 0.339 e. The minimum absolute atomic E-state index is 0.251. The molecular formula is C21H24Cl3N3OS. The molecule has 0 aromatic heterocycles. The van der Waals surface area contributed by atoms with Crippen molar-refractivity contribution in [1.82, 2.24) is 10.6 Å². The third-order valence-electron chi connectivity index (χ3n) is 4.43. The second-order valence-electron chi connectivity index (χ2n) is 6.57. The minimum atomic E-state index is -1.82. The van der Waals surface area contributed by atoms with Gasteiger partial charge in [0.15, 0.2) is 5.11 Å². The van der Waals surface area contributed by atoms with E-state index in [4.69, 9.17) is 47.0 Å². The number of aryl methyl sites for hydroxylation is 3. The lowest BCUT2D eigenvalue weighted by Crippen LogP contribution is -2.56. The van der Waals surface area contributed by atoms with Crippen LogP contribution in [0.25, 0.3) is 0 Å². The van der Waals surface area contributed by atoms with Gasteiger partial charge < -0.3 is 16.0 Å². The quantitative estimate of drug-likeness (QED) is 0.294. The van der Waals surface area contributed by atoms with Crippen molar-refractivity contribution >= 4 is 63.7 Å². The highest BCUT2D eigenvalue weighted by Crippen LogP contribution is 2.30. The van der Waals surface area contributed by atoms with Crippen molar-refractivity contribution in [3.63, 3.8) is 0 Å². The summed E-state index contributed by atoms with van der Waals surface area (Å²) in [5.74, 6) is -0.375. The molecule has 29 heavy (non-hydrogen) atoms. The number of para-hydroxylation sites is 1. The lowest BCUT2D eigenvalue weighted by molar-refractivity contribution is 0.0934. The van der Waals surface area contributed by atoms with Crippen LogP contribution in [0.5, 0.6) is 0 Å². The summed E-state index contributed by atoms with van der Waals surface area (Å²) in [6, 6.07) is 13.2. The molecule has 4 nitrogen and oxygen atoms in total. The Balaban J connectivity index is 2.16. The molecule has 156 valence electrons. The second kappa shape index (κ2) is 10.5. The fourth-order valence-electron chi connectivity index (χ4n) is 2.80. The van der Waals surface area contributed by atoms with E-state index in [0.717, 1.165) is 35.2 Å². The van der Waals surface area contributed by atoms with Crippen molar-refractivity contribution in [3.8, 4) is 0 Å². The van der Waals surface area contributed by atoms with Crippen molar-refractivity contribution < 1.29 is 4.79 Å². The molecular weight excluding hydrogens is 449 g/mol. The van der Waals surface area contributed by atoms with Crippen LogP contribution in [0.3, 0.4) is 0 Å². The monoisotopic (exact) mass is 471 g/mol. The molecule has 1 unspecified atom stereocenters. The van der Waals surface area contributed by atoms with Gasteiger partial charge in [0.05, 0.1) is 0 Å². The van der Waals surface area contributed by atoms with Crippen LogP contribution >= 0.6 is 47.0 Å². The summed E-state index contributed by atoms with van der Waals surface area (Å²) in [7, 11) is 0. The second-order valence-corrected chi connectivity index (χ2v) is 9.35. The smallest absolute Gasteiger partial charge is 0.252 e. The van der Waals surface area contributed by atoms with Crippen LogP contribution < -0.4 is 16.0 Å². The number of amides is 1. The number of alkyl halides is 3. The van der Waals surface area contributed by atoms with Gasteiger partial charge in [-0.25, -0.2) is 0 Å². The van der Waals surface area contributed by atoms with Crippen LogP contribution in [0.4, 0.5) is 5.69 Å². The number of anilines is 1. The summed E-state index contributed by atoms with van der Waals surface area (Å²) in [6.07, 6.45) is 0.661. The van der Waals surface area contributed by atoms with E-state index in [9.17, 15) is 4.79 Å². The van der Waals surface area contributed by atoms with Gasteiger partial charge in [-0.2, -0.15) is 0 Å². The topological polar surface area (TPSA) is 53.2 Å². The van der Waals surface area contributed by atoms with Crippen LogP contribution in [0.1, 0.15) is 40.9 Å². The highest BCUT2D eigenvalue weighted by atomic mass is 35.6. The number of rotatable bonds is 6. The van der Waals surface area contributed by atoms with E-state index >= 15 is 0 Å². The molecule has 0 saturated carbocycles. The lowest BCUT2D eigenvalue weighted by Gasteiger charge is -2.28. The summed E-state index contributed by atoms with van der Waals surface area (Å²) >= 11 is 23.7. The number of carbonyl (C=O) groups excluding carboxylic acids is 1. The van der Waals surface area contributed by atoms with Gasteiger partial charge in [-0.1, -0.05) is 84.5 Å². The van der Waals surface area contributed by atoms with Gasteiger partial charge in [-0.15, -0.1) is 0 Å². The summed E-state index contributed by atoms with van der Waals surface area (Å²) in [4.78, 5) is 12.6. The summed E-state index contributed by atoms with van der Waals surface area (Å²) in [5.41, 5.74) is 4.69. The van der Waals surface area contributed by atoms with E-state index in [-0.39, 0.29) is 11.0 Å². The van der Waals surface area contributed by atoms with Gasteiger partial charge in [0, 0.05) is 11.3 Å². The normalized spacial score (nSPS) is 12.2. The van der Waals surface area contributed by atoms with Crippen molar-refractivity contribution in [2.45, 2.75) is 43.6 Å². The molecule has 0 aliphatic rings. The van der Waals surface area contributed by atoms with Gasteiger partial charge in [-0.05, 0) is 55.2 Å². The number of carbonyl (C=O) groups is 1. The van der Waals surface area contributed by atoms with E-state index in [2.05, 4.69) is 29.8 Å². The zero-order valence-corrected chi connectivity index (χ0v) is 19.6. The molecule has 0 aliphatic carbocycles. The van der Waals surface area contributed by atoms with Gasteiger partial charge in [-0.3, -0.25) is 4.79 Å². The number of halogens is 3. The standard InChI is InChI=1S/C21H24Cl3N3OS/c1-4-14-7-6-8-15(5-2)17(14)25-20(29)27-19(21(22,23)24)26-18(28)16-11-9-13(3)10-12-16/h6-12,19H,4-5H2,1-3H3,(H,26,28)(H2,25,27,29). The molecule has 0 aliphatic heterocycles. The van der Waals surface area contributed by atoms with Crippen molar-refractivity contribution in [3.05, 3.63) is 64.7 Å². The molecule has 0 bridgehead atoms. The average Bonchev–Trinajstić information content (AvgIpc) is 2.67. The Morgan fingerprint density at radius 3 is 2.03 bits per heavy atom. The Morgan fingerprint density at radius 2 is 1.55 bits per heavy atom. The molecule has 0 saturated heterocycles. The fourth-order valence-corrected chi connectivity index (χ4v) is 3.35. The zero-order chi connectivity index (χ0) is 21.6. The molecule has 2 aromatic rings. The van der Waals surface area contributed by atoms with Gasteiger partial charge >= 0.3 is 0 Å². The molecule has 0 heterocycles. The number of benzene rings is 2. The Labute approximate surface area is 192 Å². The molecule has 0 spiro atoms. The Kier molecular flexibility index (Phi) is 8.58. The molecule has 2 aromatic carbocycles. The van der Waals surface area contributed by atoms with E-state index in [1.54, 1.807) is 12.1 Å². The molecule has 1 amide bonds. The van der Waals surface area contributed by atoms with Gasteiger partial charge in [0.25, 0.3) is 5.91 Å². The fraction of sp³-hybridized carbons (Fsp3) is 0.333. The highest BCUT2D eigenvalue weighted by Gasteiger charge is 2.35. The van der Waals surface area contributed by atoms with Crippen LogP contribution in [0, 0.1) is 6.92 Å². The predicted octanol–water partition coefficient (Wildman–Crippen LogP) is 5.53. The SMILES string of the molecule is CCc1cccc(CC)c1NC(=S)NC(NC(=O)c1ccc(C)cc1)C(Cl)(Cl)Cl. The maximum Gasteiger partial charge on any atom is 0.252 e. The maximum atomic E-state index is 12.6. The molecule has 2 rings (SSSR count). The van der Waals surface area contributed by atoms with Gasteiger partial charge in [0.1, 0.15) is 6.17 Å². The third-order valence-corrected chi connectivity index (χ3v) is 5.30. The third kappa shape index (κ3) is 6.75. The van der Waals surface area contributed by atoms with Crippen molar-refractivity contribution in [2.75, 3.05) is 5.32 Å². The molecule has 8 heteroatoms. The predicted molar refractivity (Wildman–Crippen MR) is 127 cm³/mol. The Morgan fingerprint density at radius 1 is 1.00 bits per heavy atom.